The molecule has 2 rings (SSSR count). The minimum atomic E-state index is 0. The van der Waals surface area contributed by atoms with Crippen LogP contribution in [0.5, 0.6) is 0 Å². The van der Waals surface area contributed by atoms with Crippen LogP contribution >= 0.6 is 35.6 Å². The van der Waals surface area contributed by atoms with Crippen molar-refractivity contribution in [1.29, 1.82) is 0 Å². The first-order valence-corrected chi connectivity index (χ1v) is 7.66. The fraction of sp³-hybridized carbons (Fsp3) is 0.467. The summed E-state index contributed by atoms with van der Waals surface area (Å²) >= 11 is 6.04. The van der Waals surface area contributed by atoms with Gasteiger partial charge in [0.05, 0.1) is 23.8 Å². The fourth-order valence-corrected chi connectivity index (χ4v) is 2.50. The van der Waals surface area contributed by atoms with E-state index < -0.39 is 0 Å². The second-order valence-electron chi connectivity index (χ2n) is 5.23. The van der Waals surface area contributed by atoms with Crippen molar-refractivity contribution in [2.45, 2.75) is 20.0 Å². The average molecular weight is 451 g/mol. The van der Waals surface area contributed by atoms with Crippen LogP contribution in [0, 0.1) is 0 Å². The van der Waals surface area contributed by atoms with Crippen molar-refractivity contribution in [2.24, 2.45) is 19.1 Å². The van der Waals surface area contributed by atoms with Crippen LogP contribution < -0.4 is 5.32 Å². The molecule has 8 heteroatoms. The highest BCUT2D eigenvalue weighted by Crippen LogP contribution is 2.14. The zero-order valence-corrected chi connectivity index (χ0v) is 17.0. The first kappa shape index (κ1) is 19.8. The maximum atomic E-state index is 6.04. The van der Waals surface area contributed by atoms with E-state index in [-0.39, 0.29) is 24.0 Å². The van der Waals surface area contributed by atoms with Gasteiger partial charge in [-0.25, -0.2) is 4.99 Å². The molecule has 0 aliphatic rings. The van der Waals surface area contributed by atoms with Crippen LogP contribution in [0.1, 0.15) is 18.3 Å². The van der Waals surface area contributed by atoms with Gasteiger partial charge in [-0.15, -0.1) is 24.0 Å². The lowest BCUT2D eigenvalue weighted by atomic mass is 10.4. The van der Waals surface area contributed by atoms with Crippen molar-refractivity contribution in [1.82, 2.24) is 24.6 Å². The van der Waals surface area contributed by atoms with Crippen LogP contribution in [-0.2, 0) is 27.2 Å². The molecule has 0 radical (unpaired) electrons. The molecule has 0 aromatic carbocycles. The number of nitrogens with zero attached hydrogens (tertiary/aromatic N) is 5. The van der Waals surface area contributed by atoms with Gasteiger partial charge in [0.25, 0.3) is 0 Å². The lowest BCUT2D eigenvalue weighted by Crippen LogP contribution is -2.38. The summed E-state index contributed by atoms with van der Waals surface area (Å²) < 4.78 is 3.87. The maximum Gasteiger partial charge on any atom is 0.194 e. The first-order chi connectivity index (χ1) is 10.5. The Morgan fingerprint density at radius 2 is 2.13 bits per heavy atom. The van der Waals surface area contributed by atoms with Crippen LogP contribution in [0.25, 0.3) is 0 Å². The van der Waals surface area contributed by atoms with E-state index in [1.54, 1.807) is 6.20 Å². The lowest BCUT2D eigenvalue weighted by Gasteiger charge is -2.22. The Hall–Kier alpha value is -1.22. The van der Waals surface area contributed by atoms with Crippen molar-refractivity contribution in [3.8, 4) is 0 Å². The summed E-state index contributed by atoms with van der Waals surface area (Å²) in [6.45, 7) is 4.22. The number of halogens is 2. The Morgan fingerprint density at radius 3 is 2.65 bits per heavy atom. The van der Waals surface area contributed by atoms with Gasteiger partial charge in [0, 0.05) is 45.8 Å². The highest BCUT2D eigenvalue weighted by atomic mass is 127. The van der Waals surface area contributed by atoms with Gasteiger partial charge in [-0.05, 0) is 19.1 Å². The molecule has 23 heavy (non-hydrogen) atoms. The van der Waals surface area contributed by atoms with Crippen LogP contribution in [0.15, 0.2) is 29.5 Å². The van der Waals surface area contributed by atoms with E-state index in [2.05, 4.69) is 27.2 Å². The highest BCUT2D eigenvalue weighted by molar-refractivity contribution is 14.0. The number of nitrogens with one attached hydrogen (secondary N) is 1. The molecule has 0 aliphatic heterocycles. The zero-order valence-electron chi connectivity index (χ0n) is 14.0. The molecule has 0 atom stereocenters. The van der Waals surface area contributed by atoms with Crippen molar-refractivity contribution in [2.75, 3.05) is 13.6 Å². The molecule has 0 fully saturated rings. The molecule has 0 aliphatic carbocycles. The van der Waals surface area contributed by atoms with Crippen molar-refractivity contribution in [3.05, 3.63) is 40.9 Å². The third-order valence-corrected chi connectivity index (χ3v) is 3.69. The van der Waals surface area contributed by atoms with E-state index in [1.807, 2.05) is 48.7 Å². The standard InChI is InChI=1S/C15H23ClN6.HI/c1-5-17-15(18-9-13-6-7-19-22(13)4)21(3)11-14-8-12(16)10-20(14)2;/h6-8,10H,5,9,11H2,1-4H3,(H,17,18);1H. The molecule has 6 nitrogen and oxygen atoms in total. The van der Waals surface area contributed by atoms with E-state index in [4.69, 9.17) is 11.6 Å². The van der Waals surface area contributed by atoms with Crippen molar-refractivity contribution in [3.63, 3.8) is 0 Å². The van der Waals surface area contributed by atoms with Crippen LogP contribution in [0.2, 0.25) is 5.02 Å². The van der Waals surface area contributed by atoms with E-state index in [1.165, 1.54) is 0 Å². The van der Waals surface area contributed by atoms with Crippen LogP contribution in [0.3, 0.4) is 0 Å². The zero-order chi connectivity index (χ0) is 16.1. The van der Waals surface area contributed by atoms with E-state index in [9.17, 15) is 0 Å². The largest absolute Gasteiger partial charge is 0.357 e. The molecule has 0 bridgehead atoms. The number of rotatable bonds is 5. The summed E-state index contributed by atoms with van der Waals surface area (Å²) in [5.41, 5.74) is 2.21. The Labute approximate surface area is 159 Å². The Morgan fingerprint density at radius 1 is 1.39 bits per heavy atom. The van der Waals surface area contributed by atoms with Crippen LogP contribution in [0.4, 0.5) is 0 Å². The van der Waals surface area contributed by atoms with Gasteiger partial charge in [0.2, 0.25) is 0 Å². The van der Waals surface area contributed by atoms with Gasteiger partial charge >= 0.3 is 0 Å². The summed E-state index contributed by atoms with van der Waals surface area (Å²) in [5.74, 6) is 0.862. The Bertz CT molecular complexity index is 648. The maximum absolute atomic E-state index is 6.04. The van der Waals surface area contributed by atoms with Crippen molar-refractivity contribution < 1.29 is 0 Å². The predicted octanol–water partition coefficient (Wildman–Crippen LogP) is 2.63. The molecule has 128 valence electrons. The molecule has 2 heterocycles. The number of hydrogen-bond acceptors (Lipinski definition) is 2. The second kappa shape index (κ2) is 9.17. The summed E-state index contributed by atoms with van der Waals surface area (Å²) in [4.78, 5) is 6.77. The van der Waals surface area contributed by atoms with Gasteiger partial charge in [-0.3, -0.25) is 4.68 Å². The van der Waals surface area contributed by atoms with Crippen LogP contribution in [-0.4, -0.2) is 38.8 Å². The molecule has 0 amide bonds. The summed E-state index contributed by atoms with van der Waals surface area (Å²) in [7, 11) is 5.94. The van der Waals surface area contributed by atoms with Crippen molar-refractivity contribution >= 4 is 41.5 Å². The quantitative estimate of drug-likeness (QED) is 0.433. The molecular weight excluding hydrogens is 427 g/mol. The second-order valence-corrected chi connectivity index (χ2v) is 5.67. The summed E-state index contributed by atoms with van der Waals surface area (Å²) in [6.07, 6.45) is 3.69. The highest BCUT2D eigenvalue weighted by Gasteiger charge is 2.10. The van der Waals surface area contributed by atoms with E-state index in [0.717, 1.165) is 35.5 Å². The number of aromatic nitrogens is 3. The van der Waals surface area contributed by atoms with Gasteiger partial charge in [-0.2, -0.15) is 5.10 Å². The topological polar surface area (TPSA) is 50.4 Å². The van der Waals surface area contributed by atoms with E-state index in [0.29, 0.717) is 6.54 Å². The summed E-state index contributed by atoms with van der Waals surface area (Å²) in [5, 5.41) is 8.23. The molecule has 0 saturated carbocycles. The normalized spacial score (nSPS) is 11.3. The molecular formula is C15H24ClIN6. The molecule has 1 N–H and O–H groups in total. The minimum Gasteiger partial charge on any atom is -0.357 e. The number of aryl methyl sites for hydroxylation is 2. The number of hydrogen-bond donors (Lipinski definition) is 1. The minimum absolute atomic E-state index is 0. The van der Waals surface area contributed by atoms with E-state index >= 15 is 0 Å². The molecule has 2 aromatic heterocycles. The van der Waals surface area contributed by atoms with Gasteiger partial charge in [0.15, 0.2) is 5.96 Å². The van der Waals surface area contributed by atoms with Gasteiger partial charge in [0.1, 0.15) is 0 Å². The molecule has 0 unspecified atom stereocenters. The fourth-order valence-electron chi connectivity index (χ4n) is 2.22. The third kappa shape index (κ3) is 5.42. The molecule has 0 saturated heterocycles. The first-order valence-electron chi connectivity index (χ1n) is 7.28. The van der Waals surface area contributed by atoms with Gasteiger partial charge in [-0.1, -0.05) is 11.6 Å². The Kier molecular flexibility index (Phi) is 7.90. The molecule has 2 aromatic rings. The lowest BCUT2D eigenvalue weighted by molar-refractivity contribution is 0.461. The smallest absolute Gasteiger partial charge is 0.194 e. The summed E-state index contributed by atoms with van der Waals surface area (Å²) in [6, 6.07) is 3.95. The number of aliphatic imine (C=N–C) groups is 1. The SMILES string of the molecule is CCNC(=NCc1ccnn1C)N(C)Cc1cc(Cl)cn1C.I. The average Bonchev–Trinajstić information content (AvgIpc) is 3.00. The molecule has 0 spiro atoms. The Balaban J connectivity index is 0.00000264. The number of guanidine groups is 1. The predicted molar refractivity (Wildman–Crippen MR) is 105 cm³/mol. The van der Waals surface area contributed by atoms with Gasteiger partial charge < -0.3 is 14.8 Å². The third-order valence-electron chi connectivity index (χ3n) is 3.48. The monoisotopic (exact) mass is 450 g/mol.